The zero-order valence-electron chi connectivity index (χ0n) is 24.5. The molecular weight excluding hydrogens is 562 g/mol. The Balaban J connectivity index is 0.00000506. The Bertz CT molecular complexity index is 1480. The van der Waals surface area contributed by atoms with Gasteiger partial charge in [-0.2, -0.15) is 0 Å². The van der Waals surface area contributed by atoms with Crippen molar-refractivity contribution < 1.29 is 19.1 Å². The monoisotopic (exact) mass is 601 g/mol. The van der Waals surface area contributed by atoms with Gasteiger partial charge in [-0.25, -0.2) is 0 Å². The molecule has 0 saturated heterocycles. The third kappa shape index (κ3) is 10.3. The molecule has 8 heteroatoms. The number of nitrogens with two attached hydrogens (primary N) is 1. The number of Topliss-reactive ketones (excluding diaryl/α,β-unsaturated/α-hetero) is 1. The van der Waals surface area contributed by atoms with Crippen molar-refractivity contribution in [3.63, 3.8) is 0 Å². The molecule has 1 unspecified atom stereocenters. The molecular formula is C35H40ClN3O4. The number of amides is 2. The van der Waals surface area contributed by atoms with Crippen molar-refractivity contribution in [1.29, 1.82) is 0 Å². The number of fused-ring (bicyclic) bond motifs is 1. The number of benzene rings is 4. The third-order valence-electron chi connectivity index (χ3n) is 7.27. The number of unbranched alkanes of at least 4 members (excludes halogenated alkanes) is 1. The molecule has 0 radical (unpaired) electrons. The zero-order valence-corrected chi connectivity index (χ0v) is 25.3. The summed E-state index contributed by atoms with van der Waals surface area (Å²) >= 11 is 0. The number of ether oxygens (including phenoxy) is 1. The Morgan fingerprint density at radius 1 is 0.791 bits per heavy atom. The highest BCUT2D eigenvalue weighted by Crippen LogP contribution is 2.17. The molecule has 0 aromatic heterocycles. The minimum absolute atomic E-state index is 0. The van der Waals surface area contributed by atoms with E-state index in [1.54, 1.807) is 19.1 Å². The van der Waals surface area contributed by atoms with Gasteiger partial charge in [-0.1, -0.05) is 84.9 Å². The predicted octanol–water partition coefficient (Wildman–Crippen LogP) is 5.52. The molecule has 0 heterocycles. The Kier molecular flexibility index (Phi) is 13.4. The van der Waals surface area contributed by atoms with Gasteiger partial charge in [0.1, 0.15) is 12.1 Å². The van der Waals surface area contributed by atoms with Crippen LogP contribution in [0.2, 0.25) is 0 Å². The van der Waals surface area contributed by atoms with E-state index < -0.39 is 12.1 Å². The van der Waals surface area contributed by atoms with E-state index in [0.29, 0.717) is 50.9 Å². The summed E-state index contributed by atoms with van der Waals surface area (Å²) in [5.41, 5.74) is 9.05. The Morgan fingerprint density at radius 3 is 2.16 bits per heavy atom. The maximum Gasteiger partial charge on any atom is 0.251 e. The van der Waals surface area contributed by atoms with Gasteiger partial charge in [0.25, 0.3) is 5.91 Å². The van der Waals surface area contributed by atoms with Crippen LogP contribution in [0.3, 0.4) is 0 Å². The van der Waals surface area contributed by atoms with Crippen LogP contribution in [0.15, 0.2) is 97.1 Å². The van der Waals surface area contributed by atoms with Gasteiger partial charge in [0.15, 0.2) is 5.78 Å². The van der Waals surface area contributed by atoms with E-state index in [-0.39, 0.29) is 30.0 Å². The largest absolute Gasteiger partial charge is 0.366 e. The van der Waals surface area contributed by atoms with Gasteiger partial charge < -0.3 is 21.1 Å². The summed E-state index contributed by atoms with van der Waals surface area (Å²) in [6, 6.07) is 30.2. The number of rotatable bonds is 15. The highest BCUT2D eigenvalue weighted by Gasteiger charge is 2.22. The summed E-state index contributed by atoms with van der Waals surface area (Å²) in [5.74, 6) is -0.578. The highest BCUT2D eigenvalue weighted by molar-refractivity contribution is 5.97. The number of carbonyl (C=O) groups excluding carboxylic acids is 3. The summed E-state index contributed by atoms with van der Waals surface area (Å²) in [6.45, 7) is 2.74. The van der Waals surface area contributed by atoms with E-state index in [0.717, 1.165) is 27.5 Å². The van der Waals surface area contributed by atoms with Gasteiger partial charge in [-0.15, -0.1) is 12.4 Å². The molecule has 0 aliphatic rings. The van der Waals surface area contributed by atoms with Gasteiger partial charge in [0.05, 0.1) is 6.61 Å². The fraction of sp³-hybridized carbons (Fsp3) is 0.286. The number of ketones is 1. The zero-order chi connectivity index (χ0) is 29.7. The predicted molar refractivity (Wildman–Crippen MR) is 173 cm³/mol. The van der Waals surface area contributed by atoms with Crippen LogP contribution in [0.1, 0.15) is 53.2 Å². The highest BCUT2D eigenvalue weighted by atomic mass is 35.5. The van der Waals surface area contributed by atoms with Crippen molar-refractivity contribution in [2.75, 3.05) is 6.54 Å². The smallest absolute Gasteiger partial charge is 0.251 e. The SMILES string of the molecule is CC(=O)C(CCCCNC(=O)[C@H](Cc1ccc2ccccc2c1)NC(=O)c1ccc(CN)cc1)OCc1ccccc1.Cl. The van der Waals surface area contributed by atoms with Crippen LogP contribution in [-0.2, 0) is 33.9 Å². The van der Waals surface area contributed by atoms with E-state index in [1.807, 2.05) is 78.9 Å². The number of nitrogens with one attached hydrogen (secondary N) is 2. The van der Waals surface area contributed by atoms with Crippen molar-refractivity contribution in [3.8, 4) is 0 Å². The molecule has 0 aliphatic carbocycles. The first-order valence-corrected chi connectivity index (χ1v) is 14.4. The van der Waals surface area contributed by atoms with E-state index in [4.69, 9.17) is 10.5 Å². The Labute approximate surface area is 259 Å². The maximum absolute atomic E-state index is 13.3. The lowest BCUT2D eigenvalue weighted by molar-refractivity contribution is -0.129. The standard InChI is InChI=1S/C35H39N3O4.ClH/c1-25(39)33(42-24-27-9-3-2-4-10-27)13-7-8-20-37-35(41)32(38-34(40)30-18-14-26(23-36)15-19-30)22-28-16-17-29-11-5-6-12-31(29)21-28;/h2-6,9-12,14-19,21,32-33H,7-8,13,20,22-24,36H2,1H3,(H,37,41)(H,38,40);1H/t32-,33?;/m0./s1. The molecule has 2 atom stereocenters. The summed E-state index contributed by atoms with van der Waals surface area (Å²) in [4.78, 5) is 38.5. The molecule has 4 rings (SSSR count). The fourth-order valence-corrected chi connectivity index (χ4v) is 4.81. The van der Waals surface area contributed by atoms with Crippen LogP contribution in [-0.4, -0.2) is 36.3 Å². The minimum atomic E-state index is -0.757. The van der Waals surface area contributed by atoms with Gasteiger partial charge >= 0.3 is 0 Å². The molecule has 4 N–H and O–H groups in total. The van der Waals surface area contributed by atoms with Crippen molar-refractivity contribution in [2.24, 2.45) is 5.73 Å². The van der Waals surface area contributed by atoms with E-state index in [2.05, 4.69) is 16.7 Å². The minimum Gasteiger partial charge on any atom is -0.366 e. The van der Waals surface area contributed by atoms with Gasteiger partial charge in [-0.3, -0.25) is 14.4 Å². The molecule has 0 aliphatic heterocycles. The van der Waals surface area contributed by atoms with Crippen molar-refractivity contribution in [2.45, 2.75) is 57.9 Å². The van der Waals surface area contributed by atoms with E-state index in [1.165, 1.54) is 0 Å². The first-order valence-electron chi connectivity index (χ1n) is 14.4. The van der Waals surface area contributed by atoms with Crippen LogP contribution in [0.5, 0.6) is 0 Å². The molecule has 0 bridgehead atoms. The fourth-order valence-electron chi connectivity index (χ4n) is 4.81. The molecule has 0 spiro atoms. The number of carbonyl (C=O) groups is 3. The third-order valence-corrected chi connectivity index (χ3v) is 7.27. The maximum atomic E-state index is 13.3. The van der Waals surface area contributed by atoms with Gasteiger partial charge in [-0.05, 0) is 65.8 Å². The van der Waals surface area contributed by atoms with Crippen molar-refractivity contribution in [3.05, 3.63) is 119 Å². The average molecular weight is 602 g/mol. The van der Waals surface area contributed by atoms with Crippen LogP contribution in [0.4, 0.5) is 0 Å². The second-order valence-corrected chi connectivity index (χ2v) is 10.5. The van der Waals surface area contributed by atoms with E-state index >= 15 is 0 Å². The molecule has 4 aromatic carbocycles. The molecule has 4 aromatic rings. The summed E-state index contributed by atoms with van der Waals surface area (Å²) in [6.07, 6.45) is 1.85. The molecule has 0 saturated carbocycles. The number of hydrogen-bond acceptors (Lipinski definition) is 5. The lowest BCUT2D eigenvalue weighted by Crippen LogP contribution is -2.48. The summed E-state index contributed by atoms with van der Waals surface area (Å²) in [5, 5.41) is 8.10. The van der Waals surface area contributed by atoms with Crippen LogP contribution >= 0.6 is 12.4 Å². The first-order chi connectivity index (χ1) is 20.4. The molecule has 226 valence electrons. The molecule has 7 nitrogen and oxygen atoms in total. The molecule has 2 amide bonds. The van der Waals surface area contributed by atoms with Gasteiger partial charge in [0, 0.05) is 25.1 Å². The second kappa shape index (κ2) is 17.2. The molecule has 43 heavy (non-hydrogen) atoms. The normalized spacial score (nSPS) is 12.1. The van der Waals surface area contributed by atoms with Gasteiger partial charge in [0.2, 0.25) is 5.91 Å². The number of halogens is 1. The number of hydrogen-bond donors (Lipinski definition) is 3. The van der Waals surface area contributed by atoms with Crippen LogP contribution < -0.4 is 16.4 Å². The second-order valence-electron chi connectivity index (χ2n) is 10.5. The van der Waals surface area contributed by atoms with Crippen LogP contribution in [0.25, 0.3) is 10.8 Å². The average Bonchev–Trinajstić information content (AvgIpc) is 3.02. The van der Waals surface area contributed by atoms with Crippen molar-refractivity contribution >= 4 is 40.8 Å². The first kappa shape index (κ1) is 33.5. The summed E-state index contributed by atoms with van der Waals surface area (Å²) in [7, 11) is 0. The lowest BCUT2D eigenvalue weighted by atomic mass is 10.0. The van der Waals surface area contributed by atoms with Crippen LogP contribution in [0, 0.1) is 0 Å². The quantitative estimate of drug-likeness (QED) is 0.155. The van der Waals surface area contributed by atoms with Crippen molar-refractivity contribution in [1.82, 2.24) is 10.6 Å². The Morgan fingerprint density at radius 2 is 1.47 bits per heavy atom. The van der Waals surface area contributed by atoms with E-state index in [9.17, 15) is 14.4 Å². The summed E-state index contributed by atoms with van der Waals surface area (Å²) < 4.78 is 5.86. The Hall–Kier alpha value is -4.04. The molecule has 0 fully saturated rings. The topological polar surface area (TPSA) is 111 Å². The lowest BCUT2D eigenvalue weighted by Gasteiger charge is -2.20.